The van der Waals surface area contributed by atoms with E-state index in [2.05, 4.69) is 0 Å². The lowest BCUT2D eigenvalue weighted by Crippen LogP contribution is -2.40. The molecule has 0 radical (unpaired) electrons. The maximum absolute atomic E-state index is 10.8. The summed E-state index contributed by atoms with van der Waals surface area (Å²) in [6.07, 6.45) is 1.04. The van der Waals surface area contributed by atoms with Gasteiger partial charge in [0.25, 0.3) is 0 Å². The summed E-state index contributed by atoms with van der Waals surface area (Å²) in [4.78, 5) is 0. The van der Waals surface area contributed by atoms with Crippen LogP contribution in [-0.4, -0.2) is 26.5 Å². The zero-order valence-corrected chi connectivity index (χ0v) is 6.52. The predicted octanol–water partition coefficient (Wildman–Crippen LogP) is -0.620. The first-order valence-corrected chi connectivity index (χ1v) is 5.31. The van der Waals surface area contributed by atoms with Gasteiger partial charge in [0.2, 0.25) is 0 Å². The molecule has 1 unspecified atom stereocenters. The molecule has 4 heteroatoms. The Morgan fingerprint density at radius 2 is 2.10 bits per heavy atom. The fourth-order valence-corrected chi connectivity index (χ4v) is 4.33. The molecule has 2 aliphatic rings. The molecule has 1 aliphatic heterocycles. The quantitative estimate of drug-likeness (QED) is 0.557. The van der Waals surface area contributed by atoms with E-state index in [9.17, 15) is 8.42 Å². The summed E-state index contributed by atoms with van der Waals surface area (Å²) < 4.78 is 21.5. The average molecular weight is 161 g/mol. The zero-order chi connectivity index (χ0) is 7.41. The molecule has 1 heterocycles. The van der Waals surface area contributed by atoms with Crippen LogP contribution in [0.5, 0.6) is 0 Å². The van der Waals surface area contributed by atoms with Crippen LogP contribution in [0.2, 0.25) is 0 Å². The van der Waals surface area contributed by atoms with Crippen LogP contribution in [0.15, 0.2) is 0 Å². The molecule has 1 saturated heterocycles. The molecule has 2 rings (SSSR count). The van der Waals surface area contributed by atoms with Crippen molar-refractivity contribution in [1.29, 1.82) is 0 Å². The van der Waals surface area contributed by atoms with Gasteiger partial charge in [-0.05, 0) is 18.9 Å². The highest BCUT2D eigenvalue weighted by molar-refractivity contribution is 7.92. The second-order valence-corrected chi connectivity index (χ2v) is 5.60. The molecule has 0 aromatic heterocycles. The summed E-state index contributed by atoms with van der Waals surface area (Å²) >= 11 is 0. The van der Waals surface area contributed by atoms with Crippen molar-refractivity contribution in [2.75, 3.05) is 18.1 Å². The van der Waals surface area contributed by atoms with Gasteiger partial charge in [-0.1, -0.05) is 0 Å². The van der Waals surface area contributed by atoms with E-state index in [0.29, 0.717) is 24.0 Å². The van der Waals surface area contributed by atoms with E-state index in [0.717, 1.165) is 6.42 Å². The van der Waals surface area contributed by atoms with Crippen LogP contribution in [0.3, 0.4) is 0 Å². The molecule has 2 fully saturated rings. The first kappa shape index (κ1) is 6.61. The first-order chi connectivity index (χ1) is 4.58. The Labute approximate surface area is 60.5 Å². The molecule has 10 heavy (non-hydrogen) atoms. The van der Waals surface area contributed by atoms with Gasteiger partial charge >= 0.3 is 0 Å². The minimum atomic E-state index is -2.63. The van der Waals surface area contributed by atoms with Crippen molar-refractivity contribution in [3.8, 4) is 0 Å². The van der Waals surface area contributed by atoms with Crippen molar-refractivity contribution < 1.29 is 8.42 Å². The molecule has 3 nitrogen and oxygen atoms in total. The third kappa shape index (κ3) is 0.720. The van der Waals surface area contributed by atoms with Crippen LogP contribution in [-0.2, 0) is 9.84 Å². The van der Waals surface area contributed by atoms with Crippen molar-refractivity contribution in [2.24, 2.45) is 17.1 Å². The molecule has 1 spiro atoms. The van der Waals surface area contributed by atoms with E-state index in [1.54, 1.807) is 0 Å². The van der Waals surface area contributed by atoms with E-state index in [-0.39, 0.29) is 5.41 Å². The molecule has 0 aromatic carbocycles. The van der Waals surface area contributed by atoms with Gasteiger partial charge in [-0.3, -0.25) is 0 Å². The number of rotatable bonds is 1. The summed E-state index contributed by atoms with van der Waals surface area (Å²) in [5.74, 6) is 1.32. The van der Waals surface area contributed by atoms with Crippen LogP contribution in [0.25, 0.3) is 0 Å². The Balaban J connectivity index is 2.04. The fourth-order valence-electron chi connectivity index (χ4n) is 1.95. The number of nitrogens with two attached hydrogens (primary N) is 1. The molecule has 2 N–H and O–H groups in total. The maximum atomic E-state index is 10.8. The summed E-state index contributed by atoms with van der Waals surface area (Å²) in [5, 5.41) is 0. The molecule has 1 atom stereocenters. The van der Waals surface area contributed by atoms with Crippen LogP contribution in [0, 0.1) is 11.3 Å². The number of hydrogen-bond acceptors (Lipinski definition) is 3. The van der Waals surface area contributed by atoms with Crippen molar-refractivity contribution in [2.45, 2.75) is 6.42 Å². The standard InChI is InChI=1S/C6H11NO2S/c7-2-5-1-6(5)3-10(8,9)4-6/h5H,1-4,7H2. The van der Waals surface area contributed by atoms with Crippen LogP contribution >= 0.6 is 0 Å². The molecular weight excluding hydrogens is 150 g/mol. The monoisotopic (exact) mass is 161 g/mol. The summed E-state index contributed by atoms with van der Waals surface area (Å²) in [6.45, 7) is 0.662. The van der Waals surface area contributed by atoms with Crippen molar-refractivity contribution in [1.82, 2.24) is 0 Å². The van der Waals surface area contributed by atoms with Crippen molar-refractivity contribution in [3.63, 3.8) is 0 Å². The van der Waals surface area contributed by atoms with E-state index in [4.69, 9.17) is 5.73 Å². The highest BCUT2D eigenvalue weighted by Crippen LogP contribution is 2.59. The highest BCUT2D eigenvalue weighted by Gasteiger charge is 2.63. The van der Waals surface area contributed by atoms with Crippen LogP contribution in [0.4, 0.5) is 0 Å². The summed E-state index contributed by atoms with van der Waals surface area (Å²) in [6, 6.07) is 0. The Morgan fingerprint density at radius 1 is 1.50 bits per heavy atom. The van der Waals surface area contributed by atoms with Crippen LogP contribution < -0.4 is 5.73 Å². The Kier molecular flexibility index (Phi) is 1.03. The number of hydrogen-bond donors (Lipinski definition) is 1. The van der Waals surface area contributed by atoms with E-state index >= 15 is 0 Å². The lowest BCUT2D eigenvalue weighted by atomic mass is 10.1. The molecule has 1 aliphatic carbocycles. The largest absolute Gasteiger partial charge is 0.330 e. The molecular formula is C6H11NO2S. The second kappa shape index (κ2) is 1.56. The Morgan fingerprint density at radius 3 is 2.40 bits per heavy atom. The van der Waals surface area contributed by atoms with E-state index in [1.807, 2.05) is 0 Å². The van der Waals surface area contributed by atoms with E-state index < -0.39 is 9.84 Å². The molecule has 0 amide bonds. The Hall–Kier alpha value is -0.0900. The van der Waals surface area contributed by atoms with E-state index in [1.165, 1.54) is 0 Å². The van der Waals surface area contributed by atoms with Gasteiger partial charge in [0.05, 0.1) is 11.5 Å². The zero-order valence-electron chi connectivity index (χ0n) is 5.71. The third-order valence-electron chi connectivity index (χ3n) is 2.66. The van der Waals surface area contributed by atoms with Gasteiger partial charge in [-0.2, -0.15) is 0 Å². The normalized spacial score (nSPS) is 39.1. The minimum absolute atomic E-state index is 0.160. The molecule has 0 aromatic rings. The van der Waals surface area contributed by atoms with Gasteiger partial charge in [0, 0.05) is 5.41 Å². The average Bonchev–Trinajstić information content (AvgIpc) is 2.39. The smallest absolute Gasteiger partial charge is 0.151 e. The van der Waals surface area contributed by atoms with Gasteiger partial charge in [-0.15, -0.1) is 0 Å². The van der Waals surface area contributed by atoms with Gasteiger partial charge in [0.15, 0.2) is 9.84 Å². The highest BCUT2D eigenvalue weighted by atomic mass is 32.2. The summed E-state index contributed by atoms with van der Waals surface area (Å²) in [7, 11) is -2.63. The predicted molar refractivity (Wildman–Crippen MR) is 38.2 cm³/mol. The molecule has 1 saturated carbocycles. The van der Waals surface area contributed by atoms with Gasteiger partial charge < -0.3 is 5.73 Å². The number of sulfone groups is 1. The lowest BCUT2D eigenvalue weighted by Gasteiger charge is -2.26. The summed E-state index contributed by atoms with van der Waals surface area (Å²) in [5.41, 5.74) is 5.57. The second-order valence-electron chi connectivity index (χ2n) is 3.53. The molecule has 0 bridgehead atoms. The lowest BCUT2D eigenvalue weighted by molar-refractivity contribution is 0.480. The fraction of sp³-hybridized carbons (Fsp3) is 1.00. The molecule has 58 valence electrons. The Bertz CT molecular complexity index is 245. The third-order valence-corrected chi connectivity index (χ3v) is 4.69. The maximum Gasteiger partial charge on any atom is 0.151 e. The van der Waals surface area contributed by atoms with Crippen LogP contribution in [0.1, 0.15) is 6.42 Å². The SMILES string of the molecule is NCC1CC12CS(=O)(=O)C2. The van der Waals surface area contributed by atoms with Crippen molar-refractivity contribution >= 4 is 9.84 Å². The van der Waals surface area contributed by atoms with Crippen molar-refractivity contribution in [3.05, 3.63) is 0 Å². The minimum Gasteiger partial charge on any atom is -0.330 e. The topological polar surface area (TPSA) is 60.2 Å². The van der Waals surface area contributed by atoms with Gasteiger partial charge in [-0.25, -0.2) is 8.42 Å². The van der Waals surface area contributed by atoms with Gasteiger partial charge in [0.1, 0.15) is 0 Å². The first-order valence-electron chi connectivity index (χ1n) is 3.48.